The number of alkyl halides is 3. The summed E-state index contributed by atoms with van der Waals surface area (Å²) in [5.74, 6) is -0.549. The van der Waals surface area contributed by atoms with Crippen molar-refractivity contribution in [3.8, 4) is 0 Å². The van der Waals surface area contributed by atoms with Crippen molar-refractivity contribution in [2.45, 2.75) is 51.9 Å². The first-order chi connectivity index (χ1) is 11.4. The molecule has 7 heteroatoms. The monoisotopic (exact) mass is 357 g/mol. The Morgan fingerprint density at radius 1 is 1.16 bits per heavy atom. The molecule has 4 nitrogen and oxygen atoms in total. The second-order valence-electron chi connectivity index (χ2n) is 7.33. The molecule has 0 bridgehead atoms. The number of rotatable bonds is 3. The summed E-state index contributed by atoms with van der Waals surface area (Å²) in [6, 6.07) is 5.14. The van der Waals surface area contributed by atoms with Crippen LogP contribution in [0.5, 0.6) is 0 Å². The summed E-state index contributed by atoms with van der Waals surface area (Å²) in [4.78, 5) is 26.0. The fourth-order valence-corrected chi connectivity index (χ4v) is 2.71. The molecule has 138 valence electrons. The summed E-state index contributed by atoms with van der Waals surface area (Å²) in [7, 11) is 0. The van der Waals surface area contributed by atoms with Gasteiger partial charge in [-0.05, 0) is 33.3 Å². The zero-order valence-corrected chi connectivity index (χ0v) is 14.7. The zero-order valence-electron chi connectivity index (χ0n) is 14.7. The predicted octanol–water partition coefficient (Wildman–Crippen LogP) is 4.23. The molecule has 0 radical (unpaired) electrons. The Morgan fingerprint density at radius 3 is 2.16 bits per heavy atom. The van der Waals surface area contributed by atoms with Crippen LogP contribution in [0.15, 0.2) is 24.3 Å². The maximum atomic E-state index is 12.5. The first kappa shape index (κ1) is 19.3. The lowest BCUT2D eigenvalue weighted by atomic mass is 9.83. The first-order valence-corrected chi connectivity index (χ1v) is 8.07. The second-order valence-corrected chi connectivity index (χ2v) is 7.33. The average Bonchev–Trinajstić information content (AvgIpc) is 2.42. The predicted molar refractivity (Wildman–Crippen MR) is 86.4 cm³/mol. The molecule has 2 rings (SSSR count). The van der Waals surface area contributed by atoms with Gasteiger partial charge in [-0.1, -0.05) is 24.3 Å². The Labute approximate surface area is 144 Å². The number of hydrogen-bond acceptors (Lipinski definition) is 3. The molecule has 1 aliphatic rings. The lowest BCUT2D eigenvalue weighted by Gasteiger charge is -2.45. The first-order valence-electron chi connectivity index (χ1n) is 8.07. The molecule has 0 spiro atoms. The lowest BCUT2D eigenvalue weighted by Crippen LogP contribution is -2.60. The highest BCUT2D eigenvalue weighted by Crippen LogP contribution is 2.30. The van der Waals surface area contributed by atoms with Crippen molar-refractivity contribution in [1.82, 2.24) is 4.90 Å². The van der Waals surface area contributed by atoms with Crippen molar-refractivity contribution in [3.05, 3.63) is 35.4 Å². The Balaban J connectivity index is 1.97. The smallest absolute Gasteiger partial charge is 0.410 e. The summed E-state index contributed by atoms with van der Waals surface area (Å²) in [6.45, 7) is 7.30. The van der Waals surface area contributed by atoms with Crippen LogP contribution in [0, 0.1) is 5.92 Å². The molecule has 1 aromatic carbocycles. The standard InChI is InChI=1S/C18H22F3NO3/c1-11-14(10-22(11)16(24)25-17(2,3)4)15(23)13-7-5-12(6-8-13)9-18(19,20)21/h5-8,11,14H,9-10H2,1-4H3. The van der Waals surface area contributed by atoms with Crippen LogP contribution >= 0.6 is 0 Å². The van der Waals surface area contributed by atoms with Crippen LogP contribution in [0.1, 0.15) is 43.6 Å². The summed E-state index contributed by atoms with van der Waals surface area (Å²) in [5, 5.41) is 0. The Bertz CT molecular complexity index is 647. The number of carbonyl (C=O) groups is 2. The van der Waals surface area contributed by atoms with E-state index in [0.717, 1.165) is 0 Å². The molecule has 1 saturated heterocycles. The molecule has 1 aromatic rings. The number of amides is 1. The maximum absolute atomic E-state index is 12.5. The number of ether oxygens (including phenoxy) is 1. The minimum absolute atomic E-state index is 0.112. The molecule has 0 N–H and O–H groups in total. The van der Waals surface area contributed by atoms with Crippen molar-refractivity contribution in [2.24, 2.45) is 5.92 Å². The number of Topliss-reactive ketones (excluding diaryl/α,β-unsaturated/α-hetero) is 1. The van der Waals surface area contributed by atoms with E-state index < -0.39 is 24.3 Å². The van der Waals surface area contributed by atoms with Crippen LogP contribution in [-0.4, -0.2) is 41.1 Å². The van der Waals surface area contributed by atoms with E-state index in [4.69, 9.17) is 4.74 Å². The van der Waals surface area contributed by atoms with E-state index in [1.807, 2.05) is 0 Å². The summed E-state index contributed by atoms with van der Waals surface area (Å²) in [5.41, 5.74) is -0.145. The van der Waals surface area contributed by atoms with Crippen LogP contribution in [0.4, 0.5) is 18.0 Å². The van der Waals surface area contributed by atoms with E-state index in [1.54, 1.807) is 27.7 Å². The number of nitrogens with zero attached hydrogens (tertiary/aromatic N) is 1. The molecular formula is C18H22F3NO3. The van der Waals surface area contributed by atoms with E-state index in [9.17, 15) is 22.8 Å². The highest BCUT2D eigenvalue weighted by atomic mass is 19.4. The summed E-state index contributed by atoms with van der Waals surface area (Å²) < 4.78 is 42.4. The van der Waals surface area contributed by atoms with Crippen molar-refractivity contribution < 1.29 is 27.5 Å². The fraction of sp³-hybridized carbons (Fsp3) is 0.556. The molecule has 1 aliphatic heterocycles. The second kappa shape index (κ2) is 6.69. The lowest BCUT2D eigenvalue weighted by molar-refractivity contribution is -0.127. The minimum atomic E-state index is -4.28. The van der Waals surface area contributed by atoms with Gasteiger partial charge in [-0.3, -0.25) is 4.79 Å². The molecule has 0 aromatic heterocycles. The molecule has 1 heterocycles. The van der Waals surface area contributed by atoms with E-state index in [1.165, 1.54) is 29.2 Å². The van der Waals surface area contributed by atoms with Crippen LogP contribution in [0.25, 0.3) is 0 Å². The quantitative estimate of drug-likeness (QED) is 0.761. The van der Waals surface area contributed by atoms with Gasteiger partial charge in [-0.25, -0.2) is 4.79 Å². The Kier molecular flexibility index (Phi) is 5.16. The molecule has 1 amide bonds. The van der Waals surface area contributed by atoms with Crippen molar-refractivity contribution >= 4 is 11.9 Å². The normalized spacial score (nSPS) is 20.8. The van der Waals surface area contributed by atoms with Gasteiger partial charge in [0.1, 0.15) is 5.60 Å². The van der Waals surface area contributed by atoms with Gasteiger partial charge in [0, 0.05) is 18.2 Å². The van der Waals surface area contributed by atoms with Crippen molar-refractivity contribution in [2.75, 3.05) is 6.54 Å². The number of carbonyl (C=O) groups excluding carboxylic acids is 2. The van der Waals surface area contributed by atoms with Gasteiger partial charge in [-0.15, -0.1) is 0 Å². The van der Waals surface area contributed by atoms with E-state index in [2.05, 4.69) is 0 Å². The topological polar surface area (TPSA) is 46.6 Å². The van der Waals surface area contributed by atoms with E-state index >= 15 is 0 Å². The van der Waals surface area contributed by atoms with Crippen LogP contribution in [0.2, 0.25) is 0 Å². The summed E-state index contributed by atoms with van der Waals surface area (Å²) >= 11 is 0. The van der Waals surface area contributed by atoms with Crippen LogP contribution < -0.4 is 0 Å². The molecule has 2 unspecified atom stereocenters. The summed E-state index contributed by atoms with van der Waals surface area (Å²) in [6.07, 6.45) is -5.76. The van der Waals surface area contributed by atoms with Gasteiger partial charge >= 0.3 is 12.3 Å². The van der Waals surface area contributed by atoms with Gasteiger partial charge < -0.3 is 9.64 Å². The molecule has 0 aliphatic carbocycles. The van der Waals surface area contributed by atoms with Crippen molar-refractivity contribution in [3.63, 3.8) is 0 Å². The van der Waals surface area contributed by atoms with Crippen LogP contribution in [-0.2, 0) is 11.2 Å². The van der Waals surface area contributed by atoms with Crippen LogP contribution in [0.3, 0.4) is 0 Å². The molecule has 2 atom stereocenters. The van der Waals surface area contributed by atoms with E-state index in [0.29, 0.717) is 5.56 Å². The maximum Gasteiger partial charge on any atom is 0.410 e. The van der Waals surface area contributed by atoms with Gasteiger partial charge in [-0.2, -0.15) is 13.2 Å². The van der Waals surface area contributed by atoms with Gasteiger partial charge in [0.05, 0.1) is 12.3 Å². The SMILES string of the molecule is CC1C(C(=O)c2ccc(CC(F)(F)F)cc2)CN1C(=O)OC(C)(C)C. The average molecular weight is 357 g/mol. The number of likely N-dealkylation sites (tertiary alicyclic amines) is 1. The van der Waals surface area contributed by atoms with Gasteiger partial charge in [0.15, 0.2) is 5.78 Å². The minimum Gasteiger partial charge on any atom is -0.444 e. The zero-order chi connectivity index (χ0) is 19.0. The largest absolute Gasteiger partial charge is 0.444 e. The number of halogens is 3. The Morgan fingerprint density at radius 2 is 1.72 bits per heavy atom. The fourth-order valence-electron chi connectivity index (χ4n) is 2.71. The third-order valence-corrected chi connectivity index (χ3v) is 4.08. The Hall–Kier alpha value is -2.05. The highest BCUT2D eigenvalue weighted by molar-refractivity contribution is 5.99. The highest BCUT2D eigenvalue weighted by Gasteiger charge is 2.44. The molecular weight excluding hydrogens is 335 g/mol. The van der Waals surface area contributed by atoms with E-state index in [-0.39, 0.29) is 29.9 Å². The number of benzene rings is 1. The van der Waals surface area contributed by atoms with Gasteiger partial charge in [0.25, 0.3) is 0 Å². The third kappa shape index (κ3) is 4.96. The third-order valence-electron chi connectivity index (χ3n) is 4.08. The van der Waals surface area contributed by atoms with Gasteiger partial charge in [0.2, 0.25) is 0 Å². The van der Waals surface area contributed by atoms with Crippen molar-refractivity contribution in [1.29, 1.82) is 0 Å². The number of ketones is 1. The molecule has 25 heavy (non-hydrogen) atoms. The number of hydrogen-bond donors (Lipinski definition) is 0. The molecule has 0 saturated carbocycles. The molecule has 1 fully saturated rings.